The summed E-state index contributed by atoms with van der Waals surface area (Å²) in [6.07, 6.45) is 3.35. The number of aromatic amines is 1. The predicted octanol–water partition coefficient (Wildman–Crippen LogP) is 3.34. The van der Waals surface area contributed by atoms with Gasteiger partial charge < -0.3 is 19.9 Å². The van der Waals surface area contributed by atoms with Gasteiger partial charge in [0.25, 0.3) is 5.91 Å². The molecule has 0 unspecified atom stereocenters. The highest BCUT2D eigenvalue weighted by molar-refractivity contribution is 5.98. The van der Waals surface area contributed by atoms with E-state index in [1.54, 1.807) is 0 Å². The molecule has 0 saturated carbocycles. The van der Waals surface area contributed by atoms with Crippen LogP contribution < -0.4 is 5.32 Å². The molecule has 2 heterocycles. The fraction of sp³-hybridized carbons (Fsp3) is 0.545. The van der Waals surface area contributed by atoms with Crippen molar-refractivity contribution in [2.24, 2.45) is 5.92 Å². The first-order valence-corrected chi connectivity index (χ1v) is 10.3. The number of para-hydroxylation sites is 1. The molecule has 1 aromatic heterocycles. The lowest BCUT2D eigenvalue weighted by molar-refractivity contribution is -0.122. The maximum atomic E-state index is 12.8. The molecule has 6 heteroatoms. The van der Waals surface area contributed by atoms with Gasteiger partial charge in [-0.25, -0.2) is 0 Å². The maximum Gasteiger partial charge on any atom is 0.270 e. The standard InChI is InChI=1S/C22H31N3O3/c1-16(2)28-13-5-10-23-21(26)14-17-8-11-25(12-9-17)22(27)20-15-18-6-3-4-7-19(18)24-20/h3-4,6-7,15-17,24H,5,8-14H2,1-2H3,(H,23,26). The van der Waals surface area contributed by atoms with Crippen LogP contribution in [0.15, 0.2) is 30.3 Å². The normalized spacial score (nSPS) is 15.3. The maximum absolute atomic E-state index is 12.8. The summed E-state index contributed by atoms with van der Waals surface area (Å²) in [5, 5.41) is 4.03. The van der Waals surface area contributed by atoms with E-state index in [4.69, 9.17) is 4.74 Å². The summed E-state index contributed by atoms with van der Waals surface area (Å²) < 4.78 is 5.47. The Morgan fingerprint density at radius 3 is 2.71 bits per heavy atom. The van der Waals surface area contributed by atoms with Crippen molar-refractivity contribution in [1.82, 2.24) is 15.2 Å². The van der Waals surface area contributed by atoms with Crippen LogP contribution in [-0.2, 0) is 9.53 Å². The first kappa shape index (κ1) is 20.4. The molecule has 1 saturated heterocycles. The van der Waals surface area contributed by atoms with E-state index in [9.17, 15) is 9.59 Å². The predicted molar refractivity (Wildman–Crippen MR) is 110 cm³/mol. The van der Waals surface area contributed by atoms with Crippen LogP contribution in [0, 0.1) is 5.92 Å². The topological polar surface area (TPSA) is 74.4 Å². The third kappa shape index (κ3) is 5.58. The van der Waals surface area contributed by atoms with Crippen molar-refractivity contribution in [3.8, 4) is 0 Å². The van der Waals surface area contributed by atoms with E-state index in [1.165, 1.54) is 0 Å². The minimum absolute atomic E-state index is 0.0456. The van der Waals surface area contributed by atoms with E-state index in [0.717, 1.165) is 30.2 Å². The zero-order valence-corrected chi connectivity index (χ0v) is 16.9. The number of likely N-dealkylation sites (tertiary alicyclic amines) is 1. The third-order valence-corrected chi connectivity index (χ3v) is 5.23. The van der Waals surface area contributed by atoms with Gasteiger partial charge in [-0.1, -0.05) is 18.2 Å². The van der Waals surface area contributed by atoms with Gasteiger partial charge in [0, 0.05) is 43.6 Å². The molecular formula is C22H31N3O3. The highest BCUT2D eigenvalue weighted by Crippen LogP contribution is 2.23. The fourth-order valence-electron chi connectivity index (χ4n) is 3.65. The van der Waals surface area contributed by atoms with E-state index < -0.39 is 0 Å². The number of nitrogens with zero attached hydrogens (tertiary/aromatic N) is 1. The molecule has 2 N–H and O–H groups in total. The van der Waals surface area contributed by atoms with Gasteiger partial charge in [0.1, 0.15) is 5.69 Å². The SMILES string of the molecule is CC(C)OCCCNC(=O)CC1CCN(C(=O)c2cc3ccccc3[nH]2)CC1. The summed E-state index contributed by atoms with van der Waals surface area (Å²) in [6.45, 7) is 6.75. The first-order valence-electron chi connectivity index (χ1n) is 10.3. The van der Waals surface area contributed by atoms with Crippen LogP contribution in [0.2, 0.25) is 0 Å². The fourth-order valence-corrected chi connectivity index (χ4v) is 3.65. The summed E-state index contributed by atoms with van der Waals surface area (Å²) in [5.74, 6) is 0.493. The quantitative estimate of drug-likeness (QED) is 0.685. The number of ether oxygens (including phenoxy) is 1. The molecule has 2 aromatic rings. The second-order valence-electron chi connectivity index (χ2n) is 7.83. The summed E-state index contributed by atoms with van der Waals surface area (Å²) in [4.78, 5) is 30.0. The number of rotatable bonds is 8. The van der Waals surface area contributed by atoms with E-state index in [0.29, 0.717) is 44.3 Å². The lowest BCUT2D eigenvalue weighted by atomic mass is 9.93. The molecule has 28 heavy (non-hydrogen) atoms. The van der Waals surface area contributed by atoms with Crippen molar-refractivity contribution in [1.29, 1.82) is 0 Å². The van der Waals surface area contributed by atoms with Crippen LogP contribution in [-0.4, -0.2) is 54.0 Å². The smallest absolute Gasteiger partial charge is 0.270 e. The van der Waals surface area contributed by atoms with Crippen LogP contribution in [0.25, 0.3) is 10.9 Å². The second-order valence-corrected chi connectivity index (χ2v) is 7.83. The Kier molecular flexibility index (Phi) is 7.09. The van der Waals surface area contributed by atoms with E-state index in [-0.39, 0.29) is 17.9 Å². The number of H-pyrrole nitrogens is 1. The van der Waals surface area contributed by atoms with Crippen molar-refractivity contribution in [3.63, 3.8) is 0 Å². The van der Waals surface area contributed by atoms with Gasteiger partial charge in [-0.2, -0.15) is 0 Å². The van der Waals surface area contributed by atoms with Crippen LogP contribution in [0.5, 0.6) is 0 Å². The summed E-state index contributed by atoms with van der Waals surface area (Å²) in [5.41, 5.74) is 1.62. The van der Waals surface area contributed by atoms with Gasteiger partial charge in [-0.3, -0.25) is 9.59 Å². The third-order valence-electron chi connectivity index (χ3n) is 5.23. The van der Waals surface area contributed by atoms with Crippen LogP contribution in [0.3, 0.4) is 0 Å². The van der Waals surface area contributed by atoms with Crippen molar-refractivity contribution in [3.05, 3.63) is 36.0 Å². The molecule has 0 atom stereocenters. The van der Waals surface area contributed by atoms with Crippen molar-refractivity contribution >= 4 is 22.7 Å². The van der Waals surface area contributed by atoms with Gasteiger partial charge in [0.15, 0.2) is 0 Å². The molecule has 1 aliphatic heterocycles. The van der Waals surface area contributed by atoms with Crippen LogP contribution in [0.4, 0.5) is 0 Å². The van der Waals surface area contributed by atoms with Gasteiger partial charge in [0.05, 0.1) is 6.10 Å². The summed E-state index contributed by atoms with van der Waals surface area (Å²) in [7, 11) is 0. The minimum Gasteiger partial charge on any atom is -0.379 e. The van der Waals surface area contributed by atoms with Gasteiger partial charge in [-0.05, 0) is 51.2 Å². The second kappa shape index (κ2) is 9.73. The van der Waals surface area contributed by atoms with E-state index in [1.807, 2.05) is 49.1 Å². The van der Waals surface area contributed by atoms with Crippen molar-refractivity contribution in [2.75, 3.05) is 26.2 Å². The molecule has 2 amide bonds. The molecule has 0 aliphatic carbocycles. The number of hydrogen-bond acceptors (Lipinski definition) is 3. The molecule has 0 spiro atoms. The largest absolute Gasteiger partial charge is 0.379 e. The Bertz CT molecular complexity index is 758. The Morgan fingerprint density at radius 2 is 2.00 bits per heavy atom. The number of amides is 2. The highest BCUT2D eigenvalue weighted by Gasteiger charge is 2.25. The number of piperidine rings is 1. The van der Waals surface area contributed by atoms with Crippen molar-refractivity contribution in [2.45, 2.75) is 45.6 Å². The van der Waals surface area contributed by atoms with E-state index in [2.05, 4.69) is 10.3 Å². The molecule has 6 nitrogen and oxygen atoms in total. The number of fused-ring (bicyclic) bond motifs is 1. The Hall–Kier alpha value is -2.34. The Labute approximate surface area is 166 Å². The van der Waals surface area contributed by atoms with Crippen molar-refractivity contribution < 1.29 is 14.3 Å². The monoisotopic (exact) mass is 385 g/mol. The number of carbonyl (C=O) groups is 2. The molecule has 3 rings (SSSR count). The van der Waals surface area contributed by atoms with Crippen LogP contribution in [0.1, 0.15) is 50.0 Å². The average molecular weight is 386 g/mol. The number of carbonyl (C=O) groups excluding carboxylic acids is 2. The number of hydrogen-bond donors (Lipinski definition) is 2. The summed E-state index contributed by atoms with van der Waals surface area (Å²) >= 11 is 0. The average Bonchev–Trinajstić information content (AvgIpc) is 3.12. The van der Waals surface area contributed by atoms with Gasteiger partial charge in [-0.15, -0.1) is 0 Å². The Balaban J connectivity index is 1.39. The zero-order valence-electron chi connectivity index (χ0n) is 16.9. The minimum atomic E-state index is 0.0456. The lowest BCUT2D eigenvalue weighted by Crippen LogP contribution is -2.40. The zero-order chi connectivity index (χ0) is 19.9. The molecule has 1 aromatic carbocycles. The van der Waals surface area contributed by atoms with Gasteiger partial charge >= 0.3 is 0 Å². The van der Waals surface area contributed by atoms with E-state index >= 15 is 0 Å². The Morgan fingerprint density at radius 1 is 1.25 bits per heavy atom. The molecular weight excluding hydrogens is 354 g/mol. The lowest BCUT2D eigenvalue weighted by Gasteiger charge is -2.31. The number of aromatic nitrogens is 1. The highest BCUT2D eigenvalue weighted by atomic mass is 16.5. The first-order chi connectivity index (χ1) is 13.5. The number of nitrogens with one attached hydrogen (secondary N) is 2. The molecule has 0 radical (unpaired) electrons. The summed E-state index contributed by atoms with van der Waals surface area (Å²) in [6, 6.07) is 9.83. The molecule has 0 bridgehead atoms. The molecule has 1 fully saturated rings. The number of benzene rings is 1. The molecule has 152 valence electrons. The van der Waals surface area contributed by atoms with Crippen LogP contribution >= 0.6 is 0 Å². The van der Waals surface area contributed by atoms with Gasteiger partial charge in [0.2, 0.25) is 5.91 Å². The molecule has 1 aliphatic rings.